The third kappa shape index (κ3) is 3.37. The number of epoxide rings is 1. The summed E-state index contributed by atoms with van der Waals surface area (Å²) in [5.74, 6) is 0.634. The molecule has 1 aliphatic heterocycles. The van der Waals surface area contributed by atoms with E-state index in [0.717, 1.165) is 12.8 Å². The minimum atomic E-state index is -3.08. The lowest BCUT2D eigenvalue weighted by Gasteiger charge is -2.09. The fraction of sp³-hybridized carbons (Fsp3) is 0.600. The molecule has 2 rings (SSSR count). The first-order valence-corrected chi connectivity index (χ1v) is 8.60. The number of hydrogen-bond acceptors (Lipinski definition) is 3. The van der Waals surface area contributed by atoms with Gasteiger partial charge in [0.2, 0.25) is 0 Å². The van der Waals surface area contributed by atoms with E-state index in [1.807, 2.05) is 12.1 Å². The maximum atomic E-state index is 11.7. The van der Waals surface area contributed by atoms with Crippen LogP contribution in [-0.4, -0.2) is 26.4 Å². The zero-order chi connectivity index (χ0) is 14.0. The molecule has 3 unspecified atom stereocenters. The Kier molecular flexibility index (Phi) is 4.31. The zero-order valence-corrected chi connectivity index (χ0v) is 12.6. The van der Waals surface area contributed by atoms with Crippen LogP contribution in [0.15, 0.2) is 29.2 Å². The van der Waals surface area contributed by atoms with Crippen molar-refractivity contribution < 1.29 is 13.2 Å². The van der Waals surface area contributed by atoms with Crippen molar-refractivity contribution >= 4 is 9.84 Å². The average molecular weight is 282 g/mol. The molecule has 0 aliphatic carbocycles. The SMILES string of the molecule is CCC1OC1C(C)Cc1ccc(S(=O)(=O)CC)cc1. The summed E-state index contributed by atoms with van der Waals surface area (Å²) < 4.78 is 29.0. The average Bonchev–Trinajstić information content (AvgIpc) is 3.19. The normalized spacial score (nSPS) is 24.2. The molecular formula is C15H22O3S. The van der Waals surface area contributed by atoms with Crippen molar-refractivity contribution in [2.24, 2.45) is 5.92 Å². The molecule has 0 spiro atoms. The summed E-state index contributed by atoms with van der Waals surface area (Å²) in [6, 6.07) is 7.27. The van der Waals surface area contributed by atoms with Gasteiger partial charge in [-0.2, -0.15) is 0 Å². The van der Waals surface area contributed by atoms with E-state index in [4.69, 9.17) is 4.74 Å². The van der Waals surface area contributed by atoms with E-state index < -0.39 is 9.84 Å². The smallest absolute Gasteiger partial charge is 0.178 e. The summed E-state index contributed by atoms with van der Waals surface area (Å²) in [6.07, 6.45) is 2.81. The Morgan fingerprint density at radius 2 is 1.84 bits per heavy atom. The zero-order valence-electron chi connectivity index (χ0n) is 11.8. The van der Waals surface area contributed by atoms with Crippen LogP contribution in [0.4, 0.5) is 0 Å². The van der Waals surface area contributed by atoms with Crippen molar-refractivity contribution in [2.75, 3.05) is 5.75 Å². The van der Waals surface area contributed by atoms with Gasteiger partial charge < -0.3 is 4.74 Å². The van der Waals surface area contributed by atoms with Gasteiger partial charge in [0.05, 0.1) is 22.9 Å². The van der Waals surface area contributed by atoms with Gasteiger partial charge in [-0.3, -0.25) is 0 Å². The summed E-state index contributed by atoms with van der Waals surface area (Å²) in [5.41, 5.74) is 1.17. The van der Waals surface area contributed by atoms with E-state index in [2.05, 4.69) is 13.8 Å². The Morgan fingerprint density at radius 1 is 1.21 bits per heavy atom. The second-order valence-corrected chi connectivity index (χ2v) is 7.55. The monoisotopic (exact) mass is 282 g/mol. The molecule has 0 bridgehead atoms. The van der Waals surface area contributed by atoms with Crippen LogP contribution >= 0.6 is 0 Å². The highest BCUT2D eigenvalue weighted by Crippen LogP contribution is 2.33. The van der Waals surface area contributed by atoms with Gasteiger partial charge in [0.1, 0.15) is 0 Å². The molecule has 0 radical (unpaired) electrons. The fourth-order valence-corrected chi connectivity index (χ4v) is 3.36. The molecule has 1 aliphatic rings. The van der Waals surface area contributed by atoms with E-state index >= 15 is 0 Å². The van der Waals surface area contributed by atoms with Crippen molar-refractivity contribution in [3.63, 3.8) is 0 Å². The van der Waals surface area contributed by atoms with Crippen LogP contribution in [0.3, 0.4) is 0 Å². The first-order chi connectivity index (χ1) is 8.97. The van der Waals surface area contributed by atoms with Crippen LogP contribution < -0.4 is 0 Å². The van der Waals surface area contributed by atoms with Gasteiger partial charge in [0.15, 0.2) is 9.84 Å². The molecular weight excluding hydrogens is 260 g/mol. The van der Waals surface area contributed by atoms with Gasteiger partial charge in [-0.05, 0) is 36.5 Å². The van der Waals surface area contributed by atoms with Crippen molar-refractivity contribution in [2.45, 2.75) is 50.7 Å². The summed E-state index contributed by atoms with van der Waals surface area (Å²) in [6.45, 7) is 6.00. The molecule has 0 saturated carbocycles. The number of benzene rings is 1. The van der Waals surface area contributed by atoms with Crippen LogP contribution in [0.2, 0.25) is 0 Å². The van der Waals surface area contributed by atoms with E-state index in [1.165, 1.54) is 5.56 Å². The second-order valence-electron chi connectivity index (χ2n) is 5.28. The molecule has 19 heavy (non-hydrogen) atoms. The molecule has 1 aromatic rings. The largest absolute Gasteiger partial charge is 0.369 e. The standard InChI is InChI=1S/C15H22O3S/c1-4-14-15(18-14)11(3)10-12-6-8-13(9-7-12)19(16,17)5-2/h6-9,11,14-15H,4-5,10H2,1-3H3. The van der Waals surface area contributed by atoms with E-state index in [9.17, 15) is 8.42 Å². The van der Waals surface area contributed by atoms with Gasteiger partial charge in [-0.15, -0.1) is 0 Å². The molecule has 1 saturated heterocycles. The Labute approximate surface area is 115 Å². The summed E-state index contributed by atoms with van der Waals surface area (Å²) in [7, 11) is -3.08. The summed E-state index contributed by atoms with van der Waals surface area (Å²) in [5, 5.41) is 0. The lowest BCUT2D eigenvalue weighted by atomic mass is 9.96. The van der Waals surface area contributed by atoms with Crippen LogP contribution in [0.25, 0.3) is 0 Å². The quantitative estimate of drug-likeness (QED) is 0.754. The lowest BCUT2D eigenvalue weighted by molar-refractivity contribution is 0.322. The number of rotatable bonds is 6. The molecule has 1 heterocycles. The van der Waals surface area contributed by atoms with Gasteiger partial charge in [-0.25, -0.2) is 8.42 Å². The maximum Gasteiger partial charge on any atom is 0.178 e. The third-order valence-corrected chi connectivity index (χ3v) is 5.56. The second kappa shape index (κ2) is 5.63. The van der Waals surface area contributed by atoms with E-state index in [1.54, 1.807) is 19.1 Å². The number of sulfone groups is 1. The number of hydrogen-bond donors (Lipinski definition) is 0. The van der Waals surface area contributed by atoms with Gasteiger partial charge in [0.25, 0.3) is 0 Å². The molecule has 3 nitrogen and oxygen atoms in total. The van der Waals surface area contributed by atoms with E-state index in [0.29, 0.717) is 23.0 Å². The molecule has 3 atom stereocenters. The first kappa shape index (κ1) is 14.5. The minimum Gasteiger partial charge on any atom is -0.369 e. The van der Waals surface area contributed by atoms with Crippen molar-refractivity contribution in [1.29, 1.82) is 0 Å². The van der Waals surface area contributed by atoms with Crippen LogP contribution in [0.5, 0.6) is 0 Å². The molecule has 106 valence electrons. The lowest BCUT2D eigenvalue weighted by Crippen LogP contribution is -2.10. The summed E-state index contributed by atoms with van der Waals surface area (Å²) in [4.78, 5) is 0.417. The van der Waals surface area contributed by atoms with Gasteiger partial charge in [0, 0.05) is 0 Å². The minimum absolute atomic E-state index is 0.150. The Hall–Kier alpha value is -0.870. The van der Waals surface area contributed by atoms with E-state index in [-0.39, 0.29) is 5.75 Å². The van der Waals surface area contributed by atoms with Crippen LogP contribution in [0, 0.1) is 5.92 Å². The molecule has 1 fully saturated rings. The van der Waals surface area contributed by atoms with Gasteiger partial charge >= 0.3 is 0 Å². The van der Waals surface area contributed by atoms with Crippen molar-refractivity contribution in [1.82, 2.24) is 0 Å². The van der Waals surface area contributed by atoms with Crippen molar-refractivity contribution in [3.05, 3.63) is 29.8 Å². The molecule has 0 amide bonds. The highest BCUT2D eigenvalue weighted by molar-refractivity contribution is 7.91. The Bertz CT molecular complexity index is 519. The Balaban J connectivity index is 2.00. The van der Waals surface area contributed by atoms with Crippen LogP contribution in [0.1, 0.15) is 32.8 Å². The highest BCUT2D eigenvalue weighted by Gasteiger charge is 2.40. The predicted octanol–water partition coefficient (Wildman–Crippen LogP) is 2.84. The van der Waals surface area contributed by atoms with Crippen LogP contribution in [-0.2, 0) is 21.0 Å². The van der Waals surface area contributed by atoms with Gasteiger partial charge in [-0.1, -0.05) is 32.9 Å². The predicted molar refractivity (Wildman–Crippen MR) is 76.0 cm³/mol. The fourth-order valence-electron chi connectivity index (χ4n) is 2.47. The topological polar surface area (TPSA) is 46.7 Å². The first-order valence-electron chi connectivity index (χ1n) is 6.95. The number of ether oxygens (including phenoxy) is 1. The summed E-state index contributed by atoms with van der Waals surface area (Å²) >= 11 is 0. The molecule has 1 aromatic carbocycles. The third-order valence-electron chi connectivity index (χ3n) is 3.81. The Morgan fingerprint density at radius 3 is 2.32 bits per heavy atom. The van der Waals surface area contributed by atoms with Crippen molar-refractivity contribution in [3.8, 4) is 0 Å². The maximum absolute atomic E-state index is 11.7. The highest BCUT2D eigenvalue weighted by atomic mass is 32.2. The molecule has 0 N–H and O–H groups in total. The molecule has 4 heteroatoms. The molecule has 0 aromatic heterocycles.